The number of methoxy groups -OCH3 is 2. The van der Waals surface area contributed by atoms with Gasteiger partial charge in [0.2, 0.25) is 17.2 Å². The van der Waals surface area contributed by atoms with E-state index in [2.05, 4.69) is 11.4 Å². The number of hydrogen-bond donors (Lipinski definition) is 1. The number of fused-ring (bicyclic) bond motifs is 2. The summed E-state index contributed by atoms with van der Waals surface area (Å²) in [4.78, 5) is 26.9. The van der Waals surface area contributed by atoms with Crippen LogP contribution in [-0.4, -0.2) is 44.0 Å². The summed E-state index contributed by atoms with van der Waals surface area (Å²) in [5.74, 6) is 0.307. The van der Waals surface area contributed by atoms with Gasteiger partial charge in [-0.2, -0.15) is 0 Å². The maximum absolute atomic E-state index is 13.5. The zero-order valence-electron chi connectivity index (χ0n) is 18.6. The van der Waals surface area contributed by atoms with Gasteiger partial charge in [0.15, 0.2) is 5.75 Å². The zero-order chi connectivity index (χ0) is 23.3. The Morgan fingerprint density at radius 3 is 2.61 bits per heavy atom. The van der Waals surface area contributed by atoms with Crippen LogP contribution in [0.1, 0.15) is 29.3 Å². The minimum Gasteiger partial charge on any atom is -0.496 e. The van der Waals surface area contributed by atoms with E-state index in [1.54, 1.807) is 0 Å². The molecule has 3 atom stereocenters. The summed E-state index contributed by atoms with van der Waals surface area (Å²) in [6.45, 7) is 2.38. The fourth-order valence-corrected chi connectivity index (χ4v) is 5.13. The summed E-state index contributed by atoms with van der Waals surface area (Å²) < 4.78 is 22.7. The van der Waals surface area contributed by atoms with Gasteiger partial charge >= 0.3 is 0 Å². The molecule has 33 heavy (non-hydrogen) atoms. The lowest BCUT2D eigenvalue weighted by molar-refractivity contribution is -0.129. The number of ether oxygens (including phenoxy) is 4. The van der Waals surface area contributed by atoms with Crippen LogP contribution in [0.15, 0.2) is 42.1 Å². The summed E-state index contributed by atoms with van der Waals surface area (Å²) in [5.41, 5.74) is 0.428. The molecule has 1 aliphatic carbocycles. The second kappa shape index (κ2) is 7.99. The van der Waals surface area contributed by atoms with Crippen LogP contribution in [0.25, 0.3) is 0 Å². The van der Waals surface area contributed by atoms with Gasteiger partial charge in [0.05, 0.1) is 20.8 Å². The first kappa shape index (κ1) is 21.6. The topological polar surface area (TPSA) is 83.1 Å². The summed E-state index contributed by atoms with van der Waals surface area (Å²) in [7, 11) is 2.90. The van der Waals surface area contributed by atoms with Gasteiger partial charge in [-0.15, -0.1) is 0 Å². The number of carbonyl (C=O) groups is 2. The molecule has 0 radical (unpaired) electrons. The maximum atomic E-state index is 13.5. The molecule has 2 aromatic carbocycles. The molecule has 2 aromatic rings. The highest BCUT2D eigenvalue weighted by molar-refractivity contribution is 6.36. The predicted molar refractivity (Wildman–Crippen MR) is 122 cm³/mol. The number of rotatable bonds is 5. The fraction of sp³-hybridized carbons (Fsp3) is 0.360. The molecule has 5 rings (SSSR count). The number of Topliss-reactive ketones (excluding diaryl/α,β-unsaturated/α-hetero) is 1. The molecule has 0 bridgehead atoms. The normalized spacial score (nSPS) is 25.2. The molecule has 2 aliphatic heterocycles. The van der Waals surface area contributed by atoms with Crippen molar-refractivity contribution < 1.29 is 28.5 Å². The number of halogens is 1. The second-order valence-corrected chi connectivity index (χ2v) is 8.92. The molecule has 3 aliphatic rings. The third-order valence-corrected chi connectivity index (χ3v) is 6.94. The van der Waals surface area contributed by atoms with E-state index < -0.39 is 23.1 Å². The van der Waals surface area contributed by atoms with Crippen LogP contribution in [0.5, 0.6) is 23.0 Å². The molecule has 172 valence electrons. The van der Waals surface area contributed by atoms with Crippen LogP contribution in [0, 0.1) is 5.92 Å². The van der Waals surface area contributed by atoms with Crippen LogP contribution in [-0.2, 0) is 11.2 Å². The van der Waals surface area contributed by atoms with Gasteiger partial charge in [-0.1, -0.05) is 36.7 Å². The molecule has 0 saturated carbocycles. The first-order valence-corrected chi connectivity index (χ1v) is 11.2. The van der Waals surface area contributed by atoms with Gasteiger partial charge in [-0.25, -0.2) is 0 Å². The van der Waals surface area contributed by atoms with Crippen LogP contribution in [0.2, 0.25) is 5.02 Å². The average molecular weight is 470 g/mol. The Hall–Kier alpha value is -3.19. The number of nitrogens with one attached hydrogen (secondary N) is 1. The minimum absolute atomic E-state index is 0.0197. The predicted octanol–water partition coefficient (Wildman–Crippen LogP) is 3.76. The number of para-hydroxylation sites is 1. The number of allylic oxidation sites excluding steroid dienone is 1. The molecule has 1 spiro atoms. The van der Waals surface area contributed by atoms with Gasteiger partial charge in [0.1, 0.15) is 33.9 Å². The van der Waals surface area contributed by atoms with Gasteiger partial charge in [0.25, 0.3) is 0 Å². The van der Waals surface area contributed by atoms with Crippen molar-refractivity contribution in [3.05, 3.63) is 58.3 Å². The van der Waals surface area contributed by atoms with E-state index in [1.165, 1.54) is 31.9 Å². The highest BCUT2D eigenvalue weighted by Gasteiger charge is 2.60. The highest BCUT2D eigenvalue weighted by Crippen LogP contribution is 2.52. The lowest BCUT2D eigenvalue weighted by atomic mass is 9.74. The quantitative estimate of drug-likeness (QED) is 0.667. The molecule has 0 unspecified atom stereocenters. The average Bonchev–Trinajstić information content (AvgIpc) is 3.36. The van der Waals surface area contributed by atoms with Crippen molar-refractivity contribution >= 4 is 23.2 Å². The van der Waals surface area contributed by atoms with E-state index in [1.807, 2.05) is 25.1 Å². The molecule has 0 aromatic heterocycles. The first-order chi connectivity index (χ1) is 15.9. The molecular weight excluding hydrogens is 446 g/mol. The Morgan fingerprint density at radius 2 is 1.91 bits per heavy atom. The van der Waals surface area contributed by atoms with E-state index in [0.29, 0.717) is 18.7 Å². The van der Waals surface area contributed by atoms with Crippen molar-refractivity contribution in [2.75, 3.05) is 20.8 Å². The van der Waals surface area contributed by atoms with E-state index in [0.717, 1.165) is 17.9 Å². The maximum Gasteiger partial charge on any atom is 0.236 e. The Morgan fingerprint density at radius 1 is 1.15 bits per heavy atom. The van der Waals surface area contributed by atoms with Crippen LogP contribution in [0.3, 0.4) is 0 Å². The largest absolute Gasteiger partial charge is 0.496 e. The Bertz CT molecular complexity index is 1170. The van der Waals surface area contributed by atoms with Gasteiger partial charge in [-0.05, 0) is 18.1 Å². The zero-order valence-corrected chi connectivity index (χ0v) is 19.3. The van der Waals surface area contributed by atoms with E-state index in [4.69, 9.17) is 30.5 Å². The standard InChI is InChI=1S/C25H24ClNO6/c1-13-8-15(27-12-16-9-14-6-4-5-7-17(14)32-16)10-20(28)25(13)24(29)21-18(30-2)11-19(31-3)22(26)23(21)33-25/h4-7,10-11,13,16,27H,8-9,12H2,1-3H3/t13-,16-,25+/m1/s1. The number of benzene rings is 2. The van der Waals surface area contributed by atoms with Gasteiger partial charge in [-0.3, -0.25) is 9.59 Å². The van der Waals surface area contributed by atoms with Crippen molar-refractivity contribution in [2.45, 2.75) is 31.5 Å². The number of ketones is 2. The minimum atomic E-state index is -1.67. The molecular formula is C25H24ClNO6. The molecule has 8 heteroatoms. The van der Waals surface area contributed by atoms with Gasteiger partial charge in [0, 0.05) is 30.2 Å². The van der Waals surface area contributed by atoms with Crippen LogP contribution < -0.4 is 24.3 Å². The second-order valence-electron chi connectivity index (χ2n) is 8.54. The molecule has 0 amide bonds. The van der Waals surface area contributed by atoms with E-state index in [9.17, 15) is 9.59 Å². The summed E-state index contributed by atoms with van der Waals surface area (Å²) in [5, 5.41) is 3.47. The molecule has 0 saturated heterocycles. The van der Waals surface area contributed by atoms with Crippen molar-refractivity contribution in [2.24, 2.45) is 5.92 Å². The Labute approximate surface area is 196 Å². The summed E-state index contributed by atoms with van der Waals surface area (Å²) in [6.07, 6.45) is 2.71. The van der Waals surface area contributed by atoms with Crippen molar-refractivity contribution in [3.8, 4) is 23.0 Å². The summed E-state index contributed by atoms with van der Waals surface area (Å²) >= 11 is 6.43. The lowest BCUT2D eigenvalue weighted by Gasteiger charge is -2.35. The Kier molecular flexibility index (Phi) is 5.24. The number of carbonyl (C=O) groups excluding carboxylic acids is 2. The van der Waals surface area contributed by atoms with Crippen molar-refractivity contribution in [1.29, 1.82) is 0 Å². The third-order valence-electron chi connectivity index (χ3n) is 6.58. The highest BCUT2D eigenvalue weighted by atomic mass is 35.5. The first-order valence-electron chi connectivity index (χ1n) is 10.8. The molecule has 0 fully saturated rings. The lowest BCUT2D eigenvalue weighted by Crippen LogP contribution is -2.55. The molecule has 1 N–H and O–H groups in total. The molecule has 7 nitrogen and oxygen atoms in total. The van der Waals surface area contributed by atoms with Gasteiger partial charge < -0.3 is 24.3 Å². The smallest absolute Gasteiger partial charge is 0.236 e. The van der Waals surface area contributed by atoms with E-state index in [-0.39, 0.29) is 28.2 Å². The SMILES string of the molecule is COc1cc(OC)c2c(c1Cl)O[C@@]1(C(=O)C=C(NC[C@H]3Cc4ccccc4O3)C[C@H]1C)C2=O. The van der Waals surface area contributed by atoms with E-state index >= 15 is 0 Å². The van der Waals surface area contributed by atoms with Crippen molar-refractivity contribution in [1.82, 2.24) is 5.32 Å². The third kappa shape index (κ3) is 3.25. The number of hydrogen-bond acceptors (Lipinski definition) is 7. The molecule has 2 heterocycles. The Balaban J connectivity index is 1.37. The van der Waals surface area contributed by atoms with Crippen LogP contribution in [0.4, 0.5) is 0 Å². The summed E-state index contributed by atoms with van der Waals surface area (Å²) in [6, 6.07) is 9.49. The monoisotopic (exact) mass is 469 g/mol. The van der Waals surface area contributed by atoms with Crippen molar-refractivity contribution in [3.63, 3.8) is 0 Å². The fourth-order valence-electron chi connectivity index (χ4n) is 4.86. The van der Waals surface area contributed by atoms with Crippen LogP contribution >= 0.6 is 11.6 Å².